The molecule has 0 fully saturated rings. The van der Waals surface area contributed by atoms with Gasteiger partial charge in [0.2, 0.25) is 0 Å². The van der Waals surface area contributed by atoms with Crippen molar-refractivity contribution >= 4 is 22.7 Å². The second-order valence-electron chi connectivity index (χ2n) is 10.2. The molecule has 2 unspecified atom stereocenters. The van der Waals surface area contributed by atoms with Crippen LogP contribution in [-0.2, 0) is 9.47 Å². The molecule has 2 aromatic heterocycles. The molecule has 0 aliphatic carbocycles. The van der Waals surface area contributed by atoms with Crippen LogP contribution in [0.2, 0.25) is 0 Å². The SMILES string of the molecule is CCCCC(CC)OCC1(COC(CC)CCCC)COc2c(C)sc(-c3cc(C)cs3)c2OC1. The highest BCUT2D eigenvalue weighted by Gasteiger charge is 2.39. The highest BCUT2D eigenvalue weighted by Crippen LogP contribution is 2.51. The molecule has 0 saturated heterocycles. The number of aryl methyl sites for hydroxylation is 2. The van der Waals surface area contributed by atoms with Gasteiger partial charge in [-0.05, 0) is 56.5 Å². The minimum Gasteiger partial charge on any atom is -0.488 e. The van der Waals surface area contributed by atoms with Crippen LogP contribution in [0.25, 0.3) is 9.75 Å². The van der Waals surface area contributed by atoms with Crippen molar-refractivity contribution in [1.82, 2.24) is 0 Å². The van der Waals surface area contributed by atoms with Gasteiger partial charge in [-0.15, -0.1) is 22.7 Å². The first-order valence-electron chi connectivity index (χ1n) is 13.6. The number of unbranched alkanes of at least 4 members (excludes halogenated alkanes) is 2. The molecule has 4 nitrogen and oxygen atoms in total. The van der Waals surface area contributed by atoms with Crippen LogP contribution in [0.1, 0.15) is 89.5 Å². The van der Waals surface area contributed by atoms with E-state index in [0.717, 1.165) is 37.2 Å². The van der Waals surface area contributed by atoms with Crippen LogP contribution in [0.4, 0.5) is 0 Å². The minimum absolute atomic E-state index is 0.275. The number of thiophene rings is 2. The fourth-order valence-electron chi connectivity index (χ4n) is 4.48. The fourth-order valence-corrected chi connectivity index (χ4v) is 6.54. The Bertz CT molecular complexity index is 867. The van der Waals surface area contributed by atoms with Crippen LogP contribution in [0, 0.1) is 19.3 Å². The third kappa shape index (κ3) is 7.70. The van der Waals surface area contributed by atoms with Crippen LogP contribution >= 0.6 is 22.7 Å². The molecule has 0 amide bonds. The maximum absolute atomic E-state index is 6.61. The van der Waals surface area contributed by atoms with Crippen molar-refractivity contribution in [3.8, 4) is 21.3 Å². The summed E-state index contributed by atoms with van der Waals surface area (Å²) in [7, 11) is 0. The summed E-state index contributed by atoms with van der Waals surface area (Å²) in [6, 6.07) is 2.24. The first kappa shape index (κ1) is 28.5. The largest absolute Gasteiger partial charge is 0.488 e. The van der Waals surface area contributed by atoms with E-state index in [1.165, 1.54) is 45.9 Å². The summed E-state index contributed by atoms with van der Waals surface area (Å²) >= 11 is 3.54. The molecule has 3 heterocycles. The van der Waals surface area contributed by atoms with Gasteiger partial charge in [0.1, 0.15) is 13.2 Å². The van der Waals surface area contributed by atoms with Crippen molar-refractivity contribution in [2.45, 2.75) is 105 Å². The first-order chi connectivity index (χ1) is 16.9. The second-order valence-corrected chi connectivity index (χ2v) is 12.3. The van der Waals surface area contributed by atoms with Gasteiger partial charge in [-0.3, -0.25) is 0 Å². The Morgan fingerprint density at radius 2 is 1.46 bits per heavy atom. The molecule has 0 aromatic carbocycles. The fraction of sp³-hybridized carbons (Fsp3) is 0.724. The topological polar surface area (TPSA) is 36.9 Å². The van der Waals surface area contributed by atoms with Crippen LogP contribution in [0.15, 0.2) is 11.4 Å². The molecule has 0 N–H and O–H groups in total. The van der Waals surface area contributed by atoms with E-state index in [1.807, 2.05) is 0 Å². The average Bonchev–Trinajstić information content (AvgIpc) is 3.37. The highest BCUT2D eigenvalue weighted by molar-refractivity contribution is 7.22. The van der Waals surface area contributed by atoms with Gasteiger partial charge in [0.25, 0.3) is 0 Å². The summed E-state index contributed by atoms with van der Waals surface area (Å²) in [6.07, 6.45) is 9.60. The van der Waals surface area contributed by atoms with Crippen LogP contribution < -0.4 is 9.47 Å². The number of hydrogen-bond donors (Lipinski definition) is 0. The molecule has 0 spiro atoms. The lowest BCUT2D eigenvalue weighted by Gasteiger charge is -2.34. The van der Waals surface area contributed by atoms with Gasteiger partial charge in [-0.25, -0.2) is 0 Å². The number of rotatable bonds is 15. The Morgan fingerprint density at radius 1 is 0.886 bits per heavy atom. The smallest absolute Gasteiger partial charge is 0.180 e. The first-order valence-corrected chi connectivity index (χ1v) is 15.3. The molecule has 0 bridgehead atoms. The zero-order valence-electron chi connectivity index (χ0n) is 22.7. The van der Waals surface area contributed by atoms with Gasteiger partial charge in [0.15, 0.2) is 11.5 Å². The molecular weight excluding hydrogens is 476 g/mol. The summed E-state index contributed by atoms with van der Waals surface area (Å²) in [5.74, 6) is 1.79. The molecule has 6 heteroatoms. The number of fused-ring (bicyclic) bond motifs is 1. The summed E-state index contributed by atoms with van der Waals surface area (Å²) in [5, 5.41) is 2.20. The van der Waals surface area contributed by atoms with Crippen molar-refractivity contribution in [3.63, 3.8) is 0 Å². The quantitative estimate of drug-likeness (QED) is 0.234. The van der Waals surface area contributed by atoms with E-state index in [2.05, 4.69) is 53.0 Å². The minimum atomic E-state index is -0.328. The van der Waals surface area contributed by atoms with E-state index in [9.17, 15) is 0 Å². The van der Waals surface area contributed by atoms with Crippen molar-refractivity contribution in [1.29, 1.82) is 0 Å². The summed E-state index contributed by atoms with van der Waals surface area (Å²) in [4.78, 5) is 3.59. The van der Waals surface area contributed by atoms with Gasteiger partial charge in [0.05, 0.1) is 35.7 Å². The normalized spacial score (nSPS) is 19.5. The lowest BCUT2D eigenvalue weighted by atomic mass is 9.91. The van der Waals surface area contributed by atoms with E-state index in [1.54, 1.807) is 22.7 Å². The monoisotopic (exact) mass is 522 g/mol. The maximum atomic E-state index is 6.61. The third-order valence-electron chi connectivity index (χ3n) is 6.91. The average molecular weight is 523 g/mol. The van der Waals surface area contributed by atoms with Crippen molar-refractivity contribution in [3.05, 3.63) is 21.9 Å². The molecule has 3 rings (SSSR count). The zero-order chi connectivity index (χ0) is 25.3. The molecule has 0 saturated carbocycles. The van der Waals surface area contributed by atoms with Crippen molar-refractivity contribution in [2.75, 3.05) is 26.4 Å². The predicted octanol–water partition coefficient (Wildman–Crippen LogP) is 8.82. The van der Waals surface area contributed by atoms with E-state index < -0.39 is 0 Å². The Balaban J connectivity index is 1.79. The summed E-state index contributed by atoms with van der Waals surface area (Å²) in [6.45, 7) is 15.5. The van der Waals surface area contributed by atoms with E-state index in [4.69, 9.17) is 18.9 Å². The van der Waals surface area contributed by atoms with E-state index >= 15 is 0 Å². The van der Waals surface area contributed by atoms with Gasteiger partial charge in [0, 0.05) is 9.75 Å². The lowest BCUT2D eigenvalue weighted by Crippen LogP contribution is -2.44. The molecular formula is C29H46O4S2. The predicted molar refractivity (Wildman–Crippen MR) is 150 cm³/mol. The van der Waals surface area contributed by atoms with Gasteiger partial charge in [-0.1, -0.05) is 53.4 Å². The van der Waals surface area contributed by atoms with Crippen LogP contribution in [0.3, 0.4) is 0 Å². The zero-order valence-corrected chi connectivity index (χ0v) is 24.4. The Labute approximate surface area is 221 Å². The summed E-state index contributed by atoms with van der Waals surface area (Å²) in [5.41, 5.74) is 0.955. The Kier molecular flexibility index (Phi) is 11.4. The summed E-state index contributed by atoms with van der Waals surface area (Å²) < 4.78 is 26.2. The molecule has 0 radical (unpaired) electrons. The van der Waals surface area contributed by atoms with Gasteiger partial charge in [-0.2, -0.15) is 0 Å². The molecule has 198 valence electrons. The van der Waals surface area contributed by atoms with E-state index in [-0.39, 0.29) is 17.6 Å². The molecule has 1 aliphatic rings. The highest BCUT2D eigenvalue weighted by atomic mass is 32.1. The third-order valence-corrected chi connectivity index (χ3v) is 9.20. The number of hydrogen-bond acceptors (Lipinski definition) is 6. The van der Waals surface area contributed by atoms with Gasteiger partial charge < -0.3 is 18.9 Å². The van der Waals surface area contributed by atoms with Gasteiger partial charge >= 0.3 is 0 Å². The van der Waals surface area contributed by atoms with Crippen LogP contribution in [-0.4, -0.2) is 38.6 Å². The van der Waals surface area contributed by atoms with E-state index in [0.29, 0.717) is 26.4 Å². The Hall–Kier alpha value is -1.08. The molecule has 1 aliphatic heterocycles. The number of ether oxygens (including phenoxy) is 4. The van der Waals surface area contributed by atoms with Crippen LogP contribution in [0.5, 0.6) is 11.5 Å². The molecule has 35 heavy (non-hydrogen) atoms. The second kappa shape index (κ2) is 14.0. The standard InChI is InChI=1S/C29H46O4S2/c1-7-11-13-23(9-3)30-17-29(18-31-24(10-4)14-12-8-2)19-32-26-22(6)35-28(27(26)33-20-29)25-15-21(5)16-34-25/h15-16,23-24H,7-14,17-20H2,1-6H3. The van der Waals surface area contributed by atoms with Crippen molar-refractivity contribution < 1.29 is 18.9 Å². The maximum Gasteiger partial charge on any atom is 0.180 e. The molecule has 2 atom stereocenters. The van der Waals surface area contributed by atoms with Crippen molar-refractivity contribution in [2.24, 2.45) is 5.41 Å². The lowest BCUT2D eigenvalue weighted by molar-refractivity contribution is -0.0991. The Morgan fingerprint density at radius 3 is 1.94 bits per heavy atom. The molecule has 2 aromatic rings.